The summed E-state index contributed by atoms with van der Waals surface area (Å²) in [7, 11) is 0. The van der Waals surface area contributed by atoms with E-state index in [1.165, 1.54) is 0 Å². The quantitative estimate of drug-likeness (QED) is 0.574. The molecule has 0 aromatic heterocycles. The van der Waals surface area contributed by atoms with Crippen molar-refractivity contribution in [2.45, 2.75) is 96.9 Å². The van der Waals surface area contributed by atoms with E-state index in [9.17, 15) is 15.0 Å². The van der Waals surface area contributed by atoms with Crippen LogP contribution in [0.25, 0.3) is 0 Å². The number of hydrogen-bond donors (Lipinski definition) is 2. The standard InChI is InChI=1S/C20H36O6/c1-5-14(6-2)11-24-19(23)16-9-15(16)8-7-12(3)25-20-18(22)10-17(21)13(4)26-20/h12-18,20-22H,5-11H2,1-4H3/t12-,13+,15-,16-,17-,18-,20?/m1/s1. The first-order chi connectivity index (χ1) is 12.3. The van der Waals surface area contributed by atoms with Gasteiger partial charge in [-0.1, -0.05) is 26.7 Å². The minimum Gasteiger partial charge on any atom is -0.465 e. The lowest BCUT2D eigenvalue weighted by molar-refractivity contribution is -0.273. The fourth-order valence-corrected chi connectivity index (χ4v) is 3.50. The van der Waals surface area contributed by atoms with Gasteiger partial charge in [0.15, 0.2) is 6.29 Å². The van der Waals surface area contributed by atoms with Crippen molar-refractivity contribution in [1.82, 2.24) is 0 Å². The van der Waals surface area contributed by atoms with E-state index in [2.05, 4.69) is 13.8 Å². The van der Waals surface area contributed by atoms with E-state index in [1.54, 1.807) is 6.92 Å². The van der Waals surface area contributed by atoms with Crippen LogP contribution in [0.15, 0.2) is 0 Å². The molecule has 0 radical (unpaired) electrons. The molecule has 1 saturated heterocycles. The lowest BCUT2D eigenvalue weighted by atomic mass is 10.0. The highest BCUT2D eigenvalue weighted by Crippen LogP contribution is 2.43. The molecular weight excluding hydrogens is 336 g/mol. The Kier molecular flexibility index (Phi) is 8.33. The Hall–Kier alpha value is -0.690. The van der Waals surface area contributed by atoms with Crippen LogP contribution in [-0.4, -0.2) is 53.5 Å². The summed E-state index contributed by atoms with van der Waals surface area (Å²) < 4.78 is 16.8. The average Bonchev–Trinajstić information content (AvgIpc) is 3.38. The number of aliphatic hydroxyl groups is 2. The second kappa shape index (κ2) is 10.0. The number of aliphatic hydroxyl groups excluding tert-OH is 2. The van der Waals surface area contributed by atoms with E-state index >= 15 is 0 Å². The van der Waals surface area contributed by atoms with E-state index in [4.69, 9.17) is 14.2 Å². The first-order valence-electron chi connectivity index (χ1n) is 10.2. The highest BCUT2D eigenvalue weighted by atomic mass is 16.7. The van der Waals surface area contributed by atoms with Gasteiger partial charge in [-0.05, 0) is 44.9 Å². The molecule has 1 unspecified atom stereocenters. The summed E-state index contributed by atoms with van der Waals surface area (Å²) in [5.41, 5.74) is 0. The Morgan fingerprint density at radius 1 is 1.19 bits per heavy atom. The van der Waals surface area contributed by atoms with Gasteiger partial charge in [0.25, 0.3) is 0 Å². The number of carbonyl (C=O) groups excluding carboxylic acids is 1. The molecule has 1 saturated carbocycles. The maximum absolute atomic E-state index is 12.1. The summed E-state index contributed by atoms with van der Waals surface area (Å²) >= 11 is 0. The third-order valence-electron chi connectivity index (χ3n) is 5.84. The monoisotopic (exact) mass is 372 g/mol. The average molecular weight is 373 g/mol. The zero-order valence-electron chi connectivity index (χ0n) is 16.6. The first-order valence-corrected chi connectivity index (χ1v) is 10.2. The zero-order chi connectivity index (χ0) is 19.3. The van der Waals surface area contributed by atoms with Crippen LogP contribution >= 0.6 is 0 Å². The van der Waals surface area contributed by atoms with Crippen molar-refractivity contribution in [3.8, 4) is 0 Å². The Labute approximate surface area is 157 Å². The van der Waals surface area contributed by atoms with E-state index in [0.717, 1.165) is 32.1 Å². The zero-order valence-corrected chi connectivity index (χ0v) is 16.6. The van der Waals surface area contributed by atoms with Gasteiger partial charge in [0.1, 0.15) is 6.10 Å². The van der Waals surface area contributed by atoms with E-state index < -0.39 is 18.5 Å². The van der Waals surface area contributed by atoms with Gasteiger partial charge < -0.3 is 24.4 Å². The molecule has 2 fully saturated rings. The molecule has 7 atom stereocenters. The first kappa shape index (κ1) is 21.6. The number of esters is 1. The van der Waals surface area contributed by atoms with Crippen LogP contribution in [0.4, 0.5) is 0 Å². The number of carbonyl (C=O) groups is 1. The van der Waals surface area contributed by atoms with Gasteiger partial charge in [-0.3, -0.25) is 4.79 Å². The predicted octanol–water partition coefficient (Wildman–Crippen LogP) is 2.64. The molecule has 2 aliphatic rings. The molecule has 6 heteroatoms. The fourth-order valence-electron chi connectivity index (χ4n) is 3.50. The van der Waals surface area contributed by atoms with E-state index in [0.29, 0.717) is 18.4 Å². The molecular formula is C20H36O6. The molecule has 1 aliphatic heterocycles. The summed E-state index contributed by atoms with van der Waals surface area (Å²) in [4.78, 5) is 12.1. The smallest absolute Gasteiger partial charge is 0.309 e. The Bertz CT molecular complexity index is 438. The number of rotatable bonds is 10. The van der Waals surface area contributed by atoms with Crippen LogP contribution in [-0.2, 0) is 19.0 Å². The summed E-state index contributed by atoms with van der Waals surface area (Å²) in [6.45, 7) is 8.51. The largest absolute Gasteiger partial charge is 0.465 e. The van der Waals surface area contributed by atoms with Crippen molar-refractivity contribution in [2.24, 2.45) is 17.8 Å². The fraction of sp³-hybridized carbons (Fsp3) is 0.950. The molecule has 1 aliphatic carbocycles. The molecule has 0 amide bonds. The van der Waals surface area contributed by atoms with Gasteiger partial charge in [-0.15, -0.1) is 0 Å². The van der Waals surface area contributed by atoms with E-state index in [-0.39, 0.29) is 30.5 Å². The lowest BCUT2D eigenvalue weighted by Crippen LogP contribution is -2.48. The SMILES string of the molecule is CCC(CC)COC(=O)[C@@H]1C[C@H]1CC[C@@H](C)OC1O[C@@H](C)[C@H](O)C[C@H]1O. The van der Waals surface area contributed by atoms with Crippen LogP contribution in [0.3, 0.4) is 0 Å². The Morgan fingerprint density at radius 3 is 2.54 bits per heavy atom. The van der Waals surface area contributed by atoms with Crippen molar-refractivity contribution < 1.29 is 29.2 Å². The van der Waals surface area contributed by atoms with Crippen molar-refractivity contribution in [2.75, 3.05) is 6.61 Å². The van der Waals surface area contributed by atoms with Crippen molar-refractivity contribution in [3.63, 3.8) is 0 Å². The second-order valence-electron chi connectivity index (χ2n) is 8.02. The maximum Gasteiger partial charge on any atom is 0.309 e. The van der Waals surface area contributed by atoms with Crippen molar-refractivity contribution in [3.05, 3.63) is 0 Å². The normalized spacial score (nSPS) is 35.3. The van der Waals surface area contributed by atoms with Crippen LogP contribution in [0.5, 0.6) is 0 Å². The lowest BCUT2D eigenvalue weighted by Gasteiger charge is -2.36. The van der Waals surface area contributed by atoms with Gasteiger partial charge in [0, 0.05) is 6.42 Å². The summed E-state index contributed by atoms with van der Waals surface area (Å²) in [6.07, 6.45) is 2.41. The van der Waals surface area contributed by atoms with Crippen LogP contribution in [0.2, 0.25) is 0 Å². The summed E-state index contributed by atoms with van der Waals surface area (Å²) in [5.74, 6) is 0.841. The minimum absolute atomic E-state index is 0.0447. The highest BCUT2D eigenvalue weighted by molar-refractivity contribution is 5.75. The predicted molar refractivity (Wildman–Crippen MR) is 97.4 cm³/mol. The van der Waals surface area contributed by atoms with Crippen molar-refractivity contribution in [1.29, 1.82) is 0 Å². The molecule has 152 valence electrons. The molecule has 0 spiro atoms. The third-order valence-corrected chi connectivity index (χ3v) is 5.84. The van der Waals surface area contributed by atoms with Crippen LogP contribution in [0, 0.1) is 17.8 Å². The highest BCUT2D eigenvalue weighted by Gasteiger charge is 2.44. The van der Waals surface area contributed by atoms with Gasteiger partial charge in [0.05, 0.1) is 30.8 Å². The molecule has 2 N–H and O–H groups in total. The number of hydrogen-bond acceptors (Lipinski definition) is 6. The summed E-state index contributed by atoms with van der Waals surface area (Å²) in [6, 6.07) is 0. The minimum atomic E-state index is -0.808. The Balaban J connectivity index is 1.63. The second-order valence-corrected chi connectivity index (χ2v) is 8.02. The van der Waals surface area contributed by atoms with Gasteiger partial charge in [0.2, 0.25) is 0 Å². The molecule has 2 rings (SSSR count). The summed E-state index contributed by atoms with van der Waals surface area (Å²) in [5, 5.41) is 19.7. The van der Waals surface area contributed by atoms with E-state index in [1.807, 2.05) is 6.92 Å². The van der Waals surface area contributed by atoms with Crippen molar-refractivity contribution >= 4 is 5.97 Å². The van der Waals surface area contributed by atoms with Crippen LogP contribution < -0.4 is 0 Å². The third kappa shape index (κ3) is 6.19. The number of ether oxygens (including phenoxy) is 3. The van der Waals surface area contributed by atoms with Gasteiger partial charge >= 0.3 is 5.97 Å². The topological polar surface area (TPSA) is 85.2 Å². The molecule has 6 nitrogen and oxygen atoms in total. The molecule has 0 aromatic rings. The Morgan fingerprint density at radius 2 is 1.88 bits per heavy atom. The molecule has 1 heterocycles. The van der Waals surface area contributed by atoms with Gasteiger partial charge in [-0.25, -0.2) is 0 Å². The van der Waals surface area contributed by atoms with Gasteiger partial charge in [-0.2, -0.15) is 0 Å². The maximum atomic E-state index is 12.1. The molecule has 26 heavy (non-hydrogen) atoms. The molecule has 0 bridgehead atoms. The van der Waals surface area contributed by atoms with Crippen LogP contribution in [0.1, 0.15) is 66.2 Å². The molecule has 0 aromatic carbocycles.